The van der Waals surface area contributed by atoms with Gasteiger partial charge in [-0.15, -0.1) is 0 Å². The molecule has 0 saturated carbocycles. The highest BCUT2D eigenvalue weighted by atomic mass is 16.1. The third-order valence-corrected chi connectivity index (χ3v) is 4.31. The van der Waals surface area contributed by atoms with Gasteiger partial charge in [-0.1, -0.05) is 42.5 Å². The van der Waals surface area contributed by atoms with Crippen LogP contribution >= 0.6 is 0 Å². The van der Waals surface area contributed by atoms with E-state index in [0.29, 0.717) is 5.56 Å². The standard InChI is InChI=1S/C22H19N3O/c26-22(17-8-2-1-3-9-17)23-18-10-6-7-16(15-18)13-14-21-24-19-11-4-5-12-20(19)25-21/h1-12,15H,13-14H2,(H,23,26)(H,24,25). The number of carbonyl (C=O) groups excluding carboxylic acids is 1. The Hall–Kier alpha value is -3.40. The van der Waals surface area contributed by atoms with E-state index in [1.165, 1.54) is 0 Å². The maximum absolute atomic E-state index is 12.3. The second-order valence-corrected chi connectivity index (χ2v) is 6.22. The van der Waals surface area contributed by atoms with Gasteiger partial charge in [0.05, 0.1) is 11.0 Å². The number of hydrogen-bond donors (Lipinski definition) is 2. The molecule has 4 nitrogen and oxygen atoms in total. The van der Waals surface area contributed by atoms with Gasteiger partial charge in [0.25, 0.3) is 5.91 Å². The monoisotopic (exact) mass is 341 g/mol. The molecule has 3 aromatic carbocycles. The summed E-state index contributed by atoms with van der Waals surface area (Å²) in [7, 11) is 0. The summed E-state index contributed by atoms with van der Waals surface area (Å²) in [6, 6.07) is 25.2. The number of nitrogens with zero attached hydrogens (tertiary/aromatic N) is 1. The van der Waals surface area contributed by atoms with Gasteiger partial charge in [-0.25, -0.2) is 4.98 Å². The predicted octanol–water partition coefficient (Wildman–Crippen LogP) is 4.60. The van der Waals surface area contributed by atoms with Crippen molar-refractivity contribution in [3.8, 4) is 0 Å². The SMILES string of the molecule is O=C(Nc1cccc(CCc2nc3ccccc3[nH]2)c1)c1ccccc1. The highest BCUT2D eigenvalue weighted by molar-refractivity contribution is 6.04. The number of nitrogens with one attached hydrogen (secondary N) is 2. The molecule has 1 aromatic heterocycles. The molecule has 26 heavy (non-hydrogen) atoms. The molecular weight excluding hydrogens is 322 g/mol. The van der Waals surface area contributed by atoms with Crippen molar-refractivity contribution in [2.75, 3.05) is 5.32 Å². The van der Waals surface area contributed by atoms with Crippen LogP contribution in [-0.2, 0) is 12.8 Å². The molecule has 0 aliphatic rings. The molecule has 4 rings (SSSR count). The van der Waals surface area contributed by atoms with Crippen molar-refractivity contribution in [2.45, 2.75) is 12.8 Å². The molecule has 0 fully saturated rings. The van der Waals surface area contributed by atoms with Crippen LogP contribution < -0.4 is 5.32 Å². The van der Waals surface area contributed by atoms with E-state index >= 15 is 0 Å². The van der Waals surface area contributed by atoms with Gasteiger partial charge < -0.3 is 10.3 Å². The minimum atomic E-state index is -0.0972. The molecule has 0 spiro atoms. The number of imidazole rings is 1. The van der Waals surface area contributed by atoms with Gasteiger partial charge in [0.1, 0.15) is 5.82 Å². The second-order valence-electron chi connectivity index (χ2n) is 6.22. The predicted molar refractivity (Wildman–Crippen MR) is 104 cm³/mol. The van der Waals surface area contributed by atoms with Gasteiger partial charge in [0.15, 0.2) is 0 Å². The van der Waals surface area contributed by atoms with Crippen LogP contribution in [0.25, 0.3) is 11.0 Å². The van der Waals surface area contributed by atoms with Crippen LogP contribution in [-0.4, -0.2) is 15.9 Å². The number of carbonyl (C=O) groups is 1. The van der Waals surface area contributed by atoms with E-state index in [4.69, 9.17) is 0 Å². The van der Waals surface area contributed by atoms with Crippen molar-refractivity contribution in [2.24, 2.45) is 0 Å². The fourth-order valence-electron chi connectivity index (χ4n) is 2.98. The largest absolute Gasteiger partial charge is 0.342 e. The lowest BCUT2D eigenvalue weighted by molar-refractivity contribution is 0.102. The van der Waals surface area contributed by atoms with Crippen LogP contribution in [0.5, 0.6) is 0 Å². The highest BCUT2D eigenvalue weighted by Crippen LogP contribution is 2.16. The smallest absolute Gasteiger partial charge is 0.255 e. The number of anilines is 1. The fourth-order valence-corrected chi connectivity index (χ4v) is 2.98. The van der Waals surface area contributed by atoms with Gasteiger partial charge in [-0.05, 0) is 48.4 Å². The van der Waals surface area contributed by atoms with E-state index in [0.717, 1.165) is 41.0 Å². The van der Waals surface area contributed by atoms with E-state index in [1.807, 2.05) is 60.7 Å². The topological polar surface area (TPSA) is 57.8 Å². The minimum Gasteiger partial charge on any atom is -0.342 e. The van der Waals surface area contributed by atoms with E-state index in [-0.39, 0.29) is 5.91 Å². The molecule has 0 radical (unpaired) electrons. The zero-order chi connectivity index (χ0) is 17.8. The second kappa shape index (κ2) is 7.23. The molecule has 0 aliphatic carbocycles. The van der Waals surface area contributed by atoms with Gasteiger partial charge in [-0.2, -0.15) is 0 Å². The van der Waals surface area contributed by atoms with E-state index < -0.39 is 0 Å². The first-order valence-electron chi connectivity index (χ1n) is 8.67. The Morgan fingerprint density at radius 2 is 1.69 bits per heavy atom. The summed E-state index contributed by atoms with van der Waals surface area (Å²) in [5.74, 6) is 0.880. The van der Waals surface area contributed by atoms with Crippen LogP contribution in [0.2, 0.25) is 0 Å². The number of amides is 1. The normalized spacial score (nSPS) is 10.8. The number of rotatable bonds is 5. The minimum absolute atomic E-state index is 0.0972. The van der Waals surface area contributed by atoms with Gasteiger partial charge in [0, 0.05) is 17.7 Å². The number of aryl methyl sites for hydroxylation is 2. The summed E-state index contributed by atoms with van der Waals surface area (Å²) in [6.07, 6.45) is 1.68. The fraction of sp³-hybridized carbons (Fsp3) is 0.0909. The summed E-state index contributed by atoms with van der Waals surface area (Å²) >= 11 is 0. The van der Waals surface area contributed by atoms with Crippen LogP contribution in [0, 0.1) is 0 Å². The van der Waals surface area contributed by atoms with Crippen LogP contribution in [0.3, 0.4) is 0 Å². The summed E-state index contributed by atoms with van der Waals surface area (Å²) in [5, 5.41) is 2.96. The molecule has 4 aromatic rings. The molecule has 0 bridgehead atoms. The molecule has 0 unspecified atom stereocenters. The molecule has 128 valence electrons. The Morgan fingerprint density at radius 1 is 0.885 bits per heavy atom. The van der Waals surface area contributed by atoms with Crippen molar-refractivity contribution >= 4 is 22.6 Å². The molecule has 0 saturated heterocycles. The average molecular weight is 341 g/mol. The molecular formula is C22H19N3O. The number of para-hydroxylation sites is 2. The molecule has 1 heterocycles. The first kappa shape index (κ1) is 16.1. The number of H-pyrrole nitrogens is 1. The Balaban J connectivity index is 1.43. The van der Waals surface area contributed by atoms with Crippen LogP contribution in [0.1, 0.15) is 21.7 Å². The summed E-state index contributed by atoms with van der Waals surface area (Å²) in [6.45, 7) is 0. The summed E-state index contributed by atoms with van der Waals surface area (Å²) < 4.78 is 0. The number of fused-ring (bicyclic) bond motifs is 1. The third-order valence-electron chi connectivity index (χ3n) is 4.31. The quantitative estimate of drug-likeness (QED) is 0.557. The Labute approximate surface area is 151 Å². The molecule has 1 amide bonds. The van der Waals surface area contributed by atoms with Crippen molar-refractivity contribution in [1.29, 1.82) is 0 Å². The van der Waals surface area contributed by atoms with Crippen molar-refractivity contribution in [1.82, 2.24) is 9.97 Å². The molecule has 0 atom stereocenters. The Kier molecular flexibility index (Phi) is 4.48. The first-order chi connectivity index (χ1) is 12.8. The average Bonchev–Trinajstić information content (AvgIpc) is 3.10. The summed E-state index contributed by atoms with van der Waals surface area (Å²) in [4.78, 5) is 20.2. The molecule has 2 N–H and O–H groups in total. The number of hydrogen-bond acceptors (Lipinski definition) is 2. The Morgan fingerprint density at radius 3 is 2.54 bits per heavy atom. The molecule has 0 aliphatic heterocycles. The zero-order valence-corrected chi connectivity index (χ0v) is 14.3. The summed E-state index contributed by atoms with van der Waals surface area (Å²) in [5.41, 5.74) is 4.68. The van der Waals surface area contributed by atoms with E-state index in [2.05, 4.69) is 21.4 Å². The van der Waals surface area contributed by atoms with Gasteiger partial charge >= 0.3 is 0 Å². The van der Waals surface area contributed by atoms with Crippen molar-refractivity contribution in [3.05, 3.63) is 95.8 Å². The maximum Gasteiger partial charge on any atom is 0.255 e. The Bertz CT molecular complexity index is 1000. The third kappa shape index (κ3) is 3.64. The lowest BCUT2D eigenvalue weighted by atomic mass is 10.1. The lowest BCUT2D eigenvalue weighted by Gasteiger charge is -2.07. The van der Waals surface area contributed by atoms with E-state index in [9.17, 15) is 4.79 Å². The first-order valence-corrected chi connectivity index (χ1v) is 8.67. The van der Waals surface area contributed by atoms with Crippen molar-refractivity contribution in [3.63, 3.8) is 0 Å². The highest BCUT2D eigenvalue weighted by Gasteiger charge is 2.06. The maximum atomic E-state index is 12.3. The van der Waals surface area contributed by atoms with Crippen LogP contribution in [0.15, 0.2) is 78.9 Å². The lowest BCUT2D eigenvalue weighted by Crippen LogP contribution is -2.11. The van der Waals surface area contributed by atoms with Gasteiger partial charge in [-0.3, -0.25) is 4.79 Å². The zero-order valence-electron chi connectivity index (χ0n) is 14.3. The molecule has 4 heteroatoms. The number of aromatic amines is 1. The number of benzene rings is 3. The number of aromatic nitrogens is 2. The van der Waals surface area contributed by atoms with E-state index in [1.54, 1.807) is 12.1 Å². The van der Waals surface area contributed by atoms with Crippen LogP contribution in [0.4, 0.5) is 5.69 Å². The van der Waals surface area contributed by atoms with Gasteiger partial charge in [0.2, 0.25) is 0 Å². The van der Waals surface area contributed by atoms with Crippen molar-refractivity contribution < 1.29 is 4.79 Å².